The van der Waals surface area contributed by atoms with E-state index >= 15 is 0 Å². The molecule has 6 nitrogen and oxygen atoms in total. The van der Waals surface area contributed by atoms with Crippen molar-refractivity contribution in [3.8, 4) is 11.5 Å². The van der Waals surface area contributed by atoms with Crippen molar-refractivity contribution in [2.45, 2.75) is 19.3 Å². The zero-order chi connectivity index (χ0) is 13.7. The summed E-state index contributed by atoms with van der Waals surface area (Å²) in [5.74, 6) is 0.103. The van der Waals surface area contributed by atoms with Gasteiger partial charge in [0, 0.05) is 18.7 Å². The molecule has 6 heteroatoms. The maximum absolute atomic E-state index is 10.5. The molecule has 1 aliphatic heterocycles. The lowest BCUT2D eigenvalue weighted by Gasteiger charge is -2.14. The summed E-state index contributed by atoms with van der Waals surface area (Å²) in [6.07, 6.45) is 3.46. The van der Waals surface area contributed by atoms with Gasteiger partial charge in [-0.05, 0) is 38.4 Å². The van der Waals surface area contributed by atoms with E-state index in [9.17, 15) is 15.2 Å². The predicted octanol–water partition coefficient (Wildman–Crippen LogP) is 2.17. The quantitative estimate of drug-likeness (QED) is 0.485. The van der Waals surface area contributed by atoms with E-state index in [2.05, 4.69) is 4.90 Å². The molecule has 1 aliphatic rings. The van der Waals surface area contributed by atoms with Crippen LogP contribution in [0.1, 0.15) is 19.3 Å². The van der Waals surface area contributed by atoms with Gasteiger partial charge >= 0.3 is 5.69 Å². The van der Waals surface area contributed by atoms with Crippen LogP contribution in [0.25, 0.3) is 0 Å². The molecule has 0 bridgehead atoms. The van der Waals surface area contributed by atoms with Crippen molar-refractivity contribution in [1.82, 2.24) is 4.90 Å². The highest BCUT2D eigenvalue weighted by atomic mass is 16.6. The van der Waals surface area contributed by atoms with Crippen LogP contribution in [0, 0.1) is 10.1 Å². The number of nitro benzene ring substituents is 1. The smallest absolute Gasteiger partial charge is 0.310 e. The Labute approximate surface area is 111 Å². The van der Waals surface area contributed by atoms with Gasteiger partial charge < -0.3 is 14.7 Å². The molecular formula is C13H18N2O4. The molecule has 0 amide bonds. The topological polar surface area (TPSA) is 75.8 Å². The minimum Gasteiger partial charge on any atom is -0.502 e. The lowest BCUT2D eigenvalue weighted by Crippen LogP contribution is -2.21. The van der Waals surface area contributed by atoms with Gasteiger partial charge in [0.15, 0.2) is 5.75 Å². The van der Waals surface area contributed by atoms with Crippen LogP contribution in [-0.2, 0) is 0 Å². The van der Waals surface area contributed by atoms with Crippen molar-refractivity contribution in [3.63, 3.8) is 0 Å². The third-order valence-corrected chi connectivity index (χ3v) is 3.23. The van der Waals surface area contributed by atoms with Gasteiger partial charge in [-0.25, -0.2) is 0 Å². The highest BCUT2D eigenvalue weighted by Gasteiger charge is 2.14. The Hall–Kier alpha value is -1.82. The number of hydrogen-bond acceptors (Lipinski definition) is 5. The first kappa shape index (κ1) is 13.6. The van der Waals surface area contributed by atoms with Gasteiger partial charge in [-0.2, -0.15) is 0 Å². The minimum atomic E-state index is -0.619. The van der Waals surface area contributed by atoms with E-state index in [1.807, 2.05) is 0 Å². The third-order valence-electron chi connectivity index (χ3n) is 3.23. The largest absolute Gasteiger partial charge is 0.502 e. The van der Waals surface area contributed by atoms with Gasteiger partial charge in [0.1, 0.15) is 5.75 Å². The second-order valence-corrected chi connectivity index (χ2v) is 4.66. The van der Waals surface area contributed by atoms with Crippen LogP contribution in [0.4, 0.5) is 5.69 Å². The van der Waals surface area contributed by atoms with Gasteiger partial charge in [-0.3, -0.25) is 10.1 Å². The summed E-state index contributed by atoms with van der Waals surface area (Å²) in [4.78, 5) is 12.3. The fourth-order valence-corrected chi connectivity index (χ4v) is 2.23. The van der Waals surface area contributed by atoms with Crippen molar-refractivity contribution in [2.24, 2.45) is 0 Å². The summed E-state index contributed by atoms with van der Waals surface area (Å²) in [6, 6.07) is 4.05. The van der Waals surface area contributed by atoms with Crippen LogP contribution < -0.4 is 4.74 Å². The number of nitro groups is 1. The van der Waals surface area contributed by atoms with Crippen LogP contribution in [0.3, 0.4) is 0 Å². The van der Waals surface area contributed by atoms with Crippen LogP contribution in [0.2, 0.25) is 0 Å². The molecule has 104 valence electrons. The molecule has 0 saturated carbocycles. The average Bonchev–Trinajstić information content (AvgIpc) is 2.87. The number of likely N-dealkylation sites (tertiary alicyclic amines) is 1. The van der Waals surface area contributed by atoms with Gasteiger partial charge in [-0.15, -0.1) is 0 Å². The Bertz CT molecular complexity index is 444. The molecule has 1 fully saturated rings. The summed E-state index contributed by atoms with van der Waals surface area (Å²) in [7, 11) is 0. The average molecular weight is 266 g/mol. The summed E-state index contributed by atoms with van der Waals surface area (Å²) < 4.78 is 5.47. The lowest BCUT2D eigenvalue weighted by atomic mass is 10.3. The zero-order valence-corrected chi connectivity index (χ0v) is 10.7. The van der Waals surface area contributed by atoms with Crippen molar-refractivity contribution in [3.05, 3.63) is 28.3 Å². The Kier molecular flexibility index (Phi) is 4.57. The van der Waals surface area contributed by atoms with E-state index in [-0.39, 0.29) is 11.4 Å². The maximum atomic E-state index is 10.5. The Morgan fingerprint density at radius 1 is 1.37 bits per heavy atom. The normalized spacial score (nSPS) is 15.6. The minimum absolute atomic E-state index is 0.301. The van der Waals surface area contributed by atoms with Gasteiger partial charge in [0.05, 0.1) is 11.5 Å². The molecule has 0 aromatic heterocycles. The number of benzene rings is 1. The Balaban J connectivity index is 1.76. The number of phenols is 1. The number of phenolic OH excluding ortho intramolecular Hbond substituents is 1. The highest BCUT2D eigenvalue weighted by molar-refractivity contribution is 5.49. The van der Waals surface area contributed by atoms with Crippen molar-refractivity contribution >= 4 is 5.69 Å². The van der Waals surface area contributed by atoms with E-state index in [0.29, 0.717) is 12.4 Å². The predicted molar refractivity (Wildman–Crippen MR) is 70.5 cm³/mol. The highest BCUT2D eigenvalue weighted by Crippen LogP contribution is 2.29. The summed E-state index contributed by atoms with van der Waals surface area (Å²) in [6.45, 7) is 3.89. The number of ether oxygens (including phenoxy) is 1. The van der Waals surface area contributed by atoms with Gasteiger partial charge in [0.25, 0.3) is 0 Å². The molecule has 1 N–H and O–H groups in total. The molecule has 1 aromatic rings. The zero-order valence-electron chi connectivity index (χ0n) is 10.7. The second kappa shape index (κ2) is 6.38. The third kappa shape index (κ3) is 3.82. The van der Waals surface area contributed by atoms with Crippen LogP contribution in [0.15, 0.2) is 18.2 Å². The van der Waals surface area contributed by atoms with Crippen LogP contribution >= 0.6 is 0 Å². The van der Waals surface area contributed by atoms with Gasteiger partial charge in [0.2, 0.25) is 0 Å². The Morgan fingerprint density at radius 3 is 2.74 bits per heavy atom. The first-order chi connectivity index (χ1) is 9.16. The molecule has 0 radical (unpaired) electrons. The number of nitrogens with zero attached hydrogens (tertiary/aromatic N) is 2. The van der Waals surface area contributed by atoms with E-state index in [1.165, 1.54) is 31.0 Å². The SMILES string of the molecule is O=[N+]([O-])c1ccc(OCCCN2CCCC2)cc1O. The van der Waals surface area contributed by atoms with E-state index in [4.69, 9.17) is 4.74 Å². The number of hydrogen-bond donors (Lipinski definition) is 1. The summed E-state index contributed by atoms with van der Waals surface area (Å²) in [5, 5.41) is 20.0. The van der Waals surface area contributed by atoms with E-state index in [0.717, 1.165) is 26.1 Å². The van der Waals surface area contributed by atoms with Crippen LogP contribution in [-0.4, -0.2) is 41.2 Å². The molecule has 0 spiro atoms. The first-order valence-electron chi connectivity index (χ1n) is 6.49. The molecule has 0 atom stereocenters. The summed E-state index contributed by atoms with van der Waals surface area (Å²) in [5.41, 5.74) is -0.301. The number of aromatic hydroxyl groups is 1. The summed E-state index contributed by atoms with van der Waals surface area (Å²) >= 11 is 0. The van der Waals surface area contributed by atoms with E-state index < -0.39 is 4.92 Å². The van der Waals surface area contributed by atoms with Crippen molar-refractivity contribution in [2.75, 3.05) is 26.2 Å². The molecule has 19 heavy (non-hydrogen) atoms. The molecule has 1 heterocycles. The van der Waals surface area contributed by atoms with E-state index in [1.54, 1.807) is 0 Å². The fraction of sp³-hybridized carbons (Fsp3) is 0.538. The molecule has 1 aromatic carbocycles. The Morgan fingerprint density at radius 2 is 2.11 bits per heavy atom. The van der Waals surface area contributed by atoms with Crippen molar-refractivity contribution < 1.29 is 14.8 Å². The second-order valence-electron chi connectivity index (χ2n) is 4.66. The first-order valence-corrected chi connectivity index (χ1v) is 6.49. The molecule has 2 rings (SSSR count). The molecular weight excluding hydrogens is 248 g/mol. The molecule has 0 aliphatic carbocycles. The molecule has 0 unspecified atom stereocenters. The monoisotopic (exact) mass is 266 g/mol. The fourth-order valence-electron chi connectivity index (χ4n) is 2.23. The lowest BCUT2D eigenvalue weighted by molar-refractivity contribution is -0.385. The van der Waals surface area contributed by atoms with Crippen LogP contribution in [0.5, 0.6) is 11.5 Å². The standard InChI is InChI=1S/C13H18N2O4/c16-13-10-11(4-5-12(13)15(17)18)19-9-3-8-14-6-1-2-7-14/h4-5,10,16H,1-3,6-9H2. The number of rotatable bonds is 6. The van der Waals surface area contributed by atoms with Gasteiger partial charge in [-0.1, -0.05) is 0 Å². The molecule has 1 saturated heterocycles. The maximum Gasteiger partial charge on any atom is 0.310 e. The van der Waals surface area contributed by atoms with Crippen molar-refractivity contribution in [1.29, 1.82) is 0 Å².